The molecule has 0 heterocycles. The number of ketones is 4. The van der Waals surface area contributed by atoms with Gasteiger partial charge in [-0.1, -0.05) is 20.8 Å². The fourth-order valence-corrected chi connectivity index (χ4v) is 6.72. The summed E-state index contributed by atoms with van der Waals surface area (Å²) in [6.45, 7) is 7.65. The average Bonchev–Trinajstić information content (AvgIpc) is 2.75. The van der Waals surface area contributed by atoms with E-state index in [0.717, 1.165) is 17.7 Å². The number of nitrogens with one attached hydrogen (secondary N) is 1. The predicted molar refractivity (Wildman–Crippen MR) is 135 cm³/mol. The summed E-state index contributed by atoms with van der Waals surface area (Å²) in [7, 11) is 0. The molecule has 4 N–H and O–H groups in total. The van der Waals surface area contributed by atoms with E-state index in [2.05, 4.69) is 26.1 Å². The van der Waals surface area contributed by atoms with Crippen molar-refractivity contribution in [3.8, 4) is 5.75 Å². The number of hydrogen-bond donors (Lipinski definition) is 3. The molecule has 1 aromatic carbocycles. The maximum Gasteiger partial charge on any atom is 0.235 e. The summed E-state index contributed by atoms with van der Waals surface area (Å²) in [5.41, 5.74) is 7.81. The molecule has 8 nitrogen and oxygen atoms in total. The number of amides is 1. The molecule has 5 atom stereocenters. The first kappa shape index (κ1) is 26.5. The molecule has 1 aromatic rings. The normalized spacial score (nSPS) is 27.9. The van der Waals surface area contributed by atoms with Gasteiger partial charge in [0.2, 0.25) is 5.91 Å². The second-order valence-electron chi connectivity index (χ2n) is 11.6. The Morgan fingerprint density at radius 3 is 2.36 bits per heavy atom. The zero-order valence-electron chi connectivity index (χ0n) is 21.2. The Morgan fingerprint density at radius 1 is 1.08 bits per heavy atom. The van der Waals surface area contributed by atoms with Crippen molar-refractivity contribution in [3.63, 3.8) is 0 Å². The van der Waals surface area contributed by atoms with E-state index in [0.29, 0.717) is 30.7 Å². The Morgan fingerprint density at radius 2 is 1.75 bits per heavy atom. The van der Waals surface area contributed by atoms with Gasteiger partial charge < -0.3 is 16.2 Å². The van der Waals surface area contributed by atoms with Gasteiger partial charge in [0.25, 0.3) is 0 Å². The predicted octanol–water partition coefficient (Wildman–Crippen LogP) is 2.21. The van der Waals surface area contributed by atoms with Crippen molar-refractivity contribution in [2.24, 2.45) is 40.7 Å². The molecule has 194 valence electrons. The number of hydrogen-bond acceptors (Lipinski definition) is 8. The van der Waals surface area contributed by atoms with Gasteiger partial charge in [-0.05, 0) is 53.5 Å². The highest BCUT2D eigenvalue weighted by Gasteiger charge is 2.57. The van der Waals surface area contributed by atoms with E-state index < -0.39 is 52.7 Å². The van der Waals surface area contributed by atoms with Crippen molar-refractivity contribution in [1.82, 2.24) is 5.32 Å². The fourth-order valence-electron chi connectivity index (χ4n) is 6.19. The van der Waals surface area contributed by atoms with E-state index >= 15 is 0 Å². The number of carbonyl (C=O) groups excluding carboxylic acids is 5. The largest absolute Gasteiger partial charge is 0.507 e. The third-order valence-corrected chi connectivity index (χ3v) is 8.27. The number of fused-ring (bicyclic) bond motifs is 3. The Kier molecular flexibility index (Phi) is 7.18. The summed E-state index contributed by atoms with van der Waals surface area (Å²) < 4.78 is 0. The summed E-state index contributed by atoms with van der Waals surface area (Å²) in [5, 5.41) is 14.5. The van der Waals surface area contributed by atoms with Gasteiger partial charge in [0.05, 0.1) is 17.4 Å². The molecule has 3 aliphatic carbocycles. The standard InChI is InChI=1S/C27H34N2O6S/c1-27(2,3)11-29-9-14-6-15(10-36-4)22(31)20-16(14)7-12-5-13-8-17(30)21(26(28)35)25(34)19(13)23(32)18(12)24(20)33/h6,12-13,18-19,21,29,31H,5,7-11H2,1-4H3,(H2,28,35). The highest BCUT2D eigenvalue weighted by Crippen LogP contribution is 2.49. The third kappa shape index (κ3) is 4.63. The van der Waals surface area contributed by atoms with Gasteiger partial charge in [-0.3, -0.25) is 24.0 Å². The van der Waals surface area contributed by atoms with Crippen LogP contribution in [0.4, 0.5) is 0 Å². The zero-order valence-corrected chi connectivity index (χ0v) is 22.0. The topological polar surface area (TPSA) is 144 Å². The number of nitrogens with two attached hydrogens (primary N) is 1. The summed E-state index contributed by atoms with van der Waals surface area (Å²) in [4.78, 5) is 64.6. The van der Waals surface area contributed by atoms with Crippen molar-refractivity contribution >= 4 is 40.8 Å². The van der Waals surface area contributed by atoms with Gasteiger partial charge in [0.15, 0.2) is 29.1 Å². The Labute approximate surface area is 215 Å². The highest BCUT2D eigenvalue weighted by molar-refractivity contribution is 7.97. The minimum absolute atomic E-state index is 0.0631. The summed E-state index contributed by atoms with van der Waals surface area (Å²) in [6, 6.07) is 1.94. The molecule has 0 saturated heterocycles. The molecule has 2 saturated carbocycles. The molecular formula is C27H34N2O6S. The fraction of sp³-hybridized carbons (Fsp3) is 0.593. The lowest BCUT2D eigenvalue weighted by atomic mass is 9.56. The second kappa shape index (κ2) is 9.74. The van der Waals surface area contributed by atoms with E-state index in [9.17, 15) is 29.1 Å². The maximum atomic E-state index is 13.8. The zero-order chi connectivity index (χ0) is 26.5. The van der Waals surface area contributed by atoms with Gasteiger partial charge in [0, 0.05) is 30.8 Å². The average molecular weight is 515 g/mol. The molecule has 4 rings (SSSR count). The lowest BCUT2D eigenvalue weighted by molar-refractivity contribution is -0.152. The first-order valence-corrected chi connectivity index (χ1v) is 13.7. The van der Waals surface area contributed by atoms with Gasteiger partial charge in [-0.25, -0.2) is 0 Å². The minimum atomic E-state index is -1.63. The second-order valence-corrected chi connectivity index (χ2v) is 12.5. The lowest BCUT2D eigenvalue weighted by Gasteiger charge is -2.44. The molecule has 1 amide bonds. The number of phenolic OH excluding ortho intramolecular Hbond substituents is 1. The maximum absolute atomic E-state index is 13.8. The minimum Gasteiger partial charge on any atom is -0.507 e. The molecular weight excluding hydrogens is 480 g/mol. The van der Waals surface area contributed by atoms with Gasteiger partial charge in [-0.2, -0.15) is 11.8 Å². The highest BCUT2D eigenvalue weighted by atomic mass is 32.2. The molecule has 0 spiro atoms. The number of primary amides is 1. The van der Waals surface area contributed by atoms with Gasteiger partial charge in [0.1, 0.15) is 5.75 Å². The first-order valence-electron chi connectivity index (χ1n) is 12.4. The van der Waals surface area contributed by atoms with Crippen LogP contribution in [-0.4, -0.2) is 46.9 Å². The van der Waals surface area contributed by atoms with Crippen LogP contribution < -0.4 is 11.1 Å². The number of carbonyl (C=O) groups is 5. The van der Waals surface area contributed by atoms with Crippen molar-refractivity contribution in [2.45, 2.75) is 52.3 Å². The van der Waals surface area contributed by atoms with Crippen LogP contribution in [0.2, 0.25) is 0 Å². The molecule has 0 bridgehead atoms. The summed E-state index contributed by atoms with van der Waals surface area (Å²) in [6.07, 6.45) is 2.60. The van der Waals surface area contributed by atoms with Crippen molar-refractivity contribution < 1.29 is 29.1 Å². The van der Waals surface area contributed by atoms with Crippen LogP contribution in [0.3, 0.4) is 0 Å². The van der Waals surface area contributed by atoms with Crippen molar-refractivity contribution in [3.05, 3.63) is 28.3 Å². The third-order valence-electron chi connectivity index (χ3n) is 7.67. The number of rotatable bonds is 6. The molecule has 2 fully saturated rings. The molecule has 0 aliphatic heterocycles. The monoisotopic (exact) mass is 514 g/mol. The van der Waals surface area contributed by atoms with Crippen LogP contribution in [0.25, 0.3) is 0 Å². The molecule has 3 aliphatic rings. The first-order chi connectivity index (χ1) is 16.9. The Bertz CT molecular complexity index is 1150. The van der Waals surface area contributed by atoms with Crippen molar-refractivity contribution in [1.29, 1.82) is 0 Å². The van der Waals surface area contributed by atoms with Crippen LogP contribution >= 0.6 is 11.8 Å². The number of phenols is 1. The molecule has 9 heteroatoms. The molecule has 5 unspecified atom stereocenters. The molecule has 0 radical (unpaired) electrons. The van der Waals surface area contributed by atoms with Crippen molar-refractivity contribution in [2.75, 3.05) is 12.8 Å². The van der Waals surface area contributed by atoms with Crippen LogP contribution in [0.5, 0.6) is 5.75 Å². The van der Waals surface area contributed by atoms with Gasteiger partial charge in [-0.15, -0.1) is 0 Å². The van der Waals surface area contributed by atoms with E-state index in [4.69, 9.17) is 5.73 Å². The lowest BCUT2D eigenvalue weighted by Crippen LogP contribution is -2.56. The SMILES string of the molecule is CSCc1cc(CNCC(C)(C)C)c2c(c1O)C(=O)C1C(=O)C3C(=O)C(C(N)=O)C(=O)CC3CC1C2. The van der Waals surface area contributed by atoms with E-state index in [1.54, 1.807) is 0 Å². The van der Waals surface area contributed by atoms with Crippen LogP contribution in [0.15, 0.2) is 6.07 Å². The summed E-state index contributed by atoms with van der Waals surface area (Å²) >= 11 is 1.52. The van der Waals surface area contributed by atoms with Crippen LogP contribution in [0.1, 0.15) is 60.7 Å². The quantitative estimate of drug-likeness (QED) is 0.490. The molecule has 36 heavy (non-hydrogen) atoms. The number of benzene rings is 1. The Balaban J connectivity index is 1.73. The van der Waals surface area contributed by atoms with Gasteiger partial charge >= 0.3 is 0 Å². The smallest absolute Gasteiger partial charge is 0.235 e. The molecule has 0 aromatic heterocycles. The van der Waals surface area contributed by atoms with Crippen LogP contribution in [0, 0.1) is 35.0 Å². The number of Topliss-reactive ketones (excluding diaryl/α,β-unsaturated/α-hetero) is 4. The summed E-state index contributed by atoms with van der Waals surface area (Å²) in [5.74, 6) is -7.76. The van der Waals surface area contributed by atoms with E-state index in [1.807, 2.05) is 12.3 Å². The number of aromatic hydroxyl groups is 1. The number of thioether (sulfide) groups is 1. The van der Waals surface area contributed by atoms with E-state index in [1.165, 1.54) is 11.8 Å². The Hall–Kier alpha value is -2.52. The van der Waals surface area contributed by atoms with E-state index in [-0.39, 0.29) is 29.1 Å². The van der Waals surface area contributed by atoms with Crippen LogP contribution in [-0.2, 0) is 37.9 Å².